The zero-order valence-corrected chi connectivity index (χ0v) is 20.4. The van der Waals surface area contributed by atoms with E-state index in [1.54, 1.807) is 25.4 Å². The first-order chi connectivity index (χ1) is 16.7. The average molecular weight is 474 g/mol. The molecule has 35 heavy (non-hydrogen) atoms. The molecule has 0 amide bonds. The van der Waals surface area contributed by atoms with Gasteiger partial charge in [-0.1, -0.05) is 6.07 Å². The third-order valence-electron chi connectivity index (χ3n) is 6.52. The van der Waals surface area contributed by atoms with Gasteiger partial charge in [0.2, 0.25) is 0 Å². The molecule has 1 aromatic carbocycles. The second-order valence-corrected chi connectivity index (χ2v) is 9.25. The molecular formula is C28H32FN5O. The first-order valence-electron chi connectivity index (χ1n) is 11.9. The predicted octanol–water partition coefficient (Wildman–Crippen LogP) is 5.04. The van der Waals surface area contributed by atoms with E-state index in [0.29, 0.717) is 34.8 Å². The zero-order valence-electron chi connectivity index (χ0n) is 20.4. The molecule has 1 aliphatic rings. The van der Waals surface area contributed by atoms with E-state index in [0.717, 1.165) is 40.8 Å². The van der Waals surface area contributed by atoms with E-state index in [4.69, 9.17) is 16.5 Å². The number of benzene rings is 1. The summed E-state index contributed by atoms with van der Waals surface area (Å²) in [4.78, 5) is 14.1. The summed E-state index contributed by atoms with van der Waals surface area (Å²) in [5.41, 5.74) is 19.3. The largest absolute Gasteiger partial charge is 0.402 e. The number of nitrogen functional groups attached to an aromatic ring is 1. The van der Waals surface area contributed by atoms with Gasteiger partial charge in [-0.05, 0) is 87.1 Å². The lowest BCUT2D eigenvalue weighted by atomic mass is 9.89. The van der Waals surface area contributed by atoms with Crippen LogP contribution in [-0.4, -0.2) is 26.8 Å². The molecule has 1 saturated carbocycles. The highest BCUT2D eigenvalue weighted by molar-refractivity contribution is 6.13. The summed E-state index contributed by atoms with van der Waals surface area (Å²) in [7, 11) is 0. The van der Waals surface area contributed by atoms with Crippen LogP contribution in [0.2, 0.25) is 0 Å². The van der Waals surface area contributed by atoms with E-state index in [2.05, 4.69) is 9.97 Å². The van der Waals surface area contributed by atoms with Crippen molar-refractivity contribution >= 4 is 11.5 Å². The fraction of sp³-hybridized carbons (Fsp3) is 0.321. The van der Waals surface area contributed by atoms with Gasteiger partial charge in [-0.2, -0.15) is 0 Å². The number of nitrogens with two attached hydrogens (primary N) is 2. The van der Waals surface area contributed by atoms with Crippen LogP contribution in [0.1, 0.15) is 61.5 Å². The van der Waals surface area contributed by atoms with Gasteiger partial charge in [-0.3, -0.25) is 9.98 Å². The van der Waals surface area contributed by atoms with Gasteiger partial charge >= 0.3 is 0 Å². The third kappa shape index (κ3) is 5.41. The Bertz CT molecular complexity index is 1290. The molecule has 7 heteroatoms. The van der Waals surface area contributed by atoms with Crippen molar-refractivity contribution in [2.45, 2.75) is 58.6 Å². The van der Waals surface area contributed by atoms with E-state index in [1.165, 1.54) is 18.6 Å². The second kappa shape index (κ2) is 10.4. The van der Waals surface area contributed by atoms with Crippen molar-refractivity contribution in [3.63, 3.8) is 0 Å². The summed E-state index contributed by atoms with van der Waals surface area (Å²) >= 11 is 0. The maximum atomic E-state index is 14.0. The summed E-state index contributed by atoms with van der Waals surface area (Å²) in [5, 5.41) is 10.3. The Morgan fingerprint density at radius 2 is 2.00 bits per heavy atom. The first kappa shape index (κ1) is 24.5. The number of hydrogen-bond donors (Lipinski definition) is 3. The van der Waals surface area contributed by atoms with Crippen molar-refractivity contribution in [3.05, 3.63) is 88.1 Å². The minimum Gasteiger partial charge on any atom is -0.402 e. The van der Waals surface area contributed by atoms with Crippen molar-refractivity contribution in [3.8, 4) is 11.3 Å². The molecule has 0 radical (unpaired) electrons. The van der Waals surface area contributed by atoms with E-state index in [9.17, 15) is 9.50 Å². The third-order valence-corrected chi connectivity index (χ3v) is 6.52. The Balaban J connectivity index is 1.82. The molecule has 0 unspecified atom stereocenters. The minimum atomic E-state index is -0.846. The summed E-state index contributed by atoms with van der Waals surface area (Å²) in [6.07, 6.45) is 6.33. The molecule has 0 bridgehead atoms. The van der Waals surface area contributed by atoms with Crippen LogP contribution >= 0.6 is 0 Å². The van der Waals surface area contributed by atoms with Crippen LogP contribution in [0.4, 0.5) is 10.2 Å². The van der Waals surface area contributed by atoms with Gasteiger partial charge in [0.1, 0.15) is 11.6 Å². The van der Waals surface area contributed by atoms with Crippen LogP contribution in [0.3, 0.4) is 0 Å². The minimum absolute atomic E-state index is 0.254. The van der Waals surface area contributed by atoms with Gasteiger partial charge in [0.25, 0.3) is 0 Å². The Morgan fingerprint density at radius 3 is 2.63 bits per heavy atom. The number of aliphatic imine (C=N–C) groups is 1. The van der Waals surface area contributed by atoms with Crippen molar-refractivity contribution in [1.82, 2.24) is 9.97 Å². The fourth-order valence-electron chi connectivity index (χ4n) is 4.26. The number of aromatic nitrogens is 2. The van der Waals surface area contributed by atoms with Crippen LogP contribution in [0, 0.1) is 12.7 Å². The highest BCUT2D eigenvalue weighted by atomic mass is 19.1. The van der Waals surface area contributed by atoms with Gasteiger partial charge in [0, 0.05) is 41.2 Å². The number of hydrogen-bond acceptors (Lipinski definition) is 6. The zero-order chi connectivity index (χ0) is 25.1. The van der Waals surface area contributed by atoms with Gasteiger partial charge in [-0.25, -0.2) is 9.37 Å². The maximum absolute atomic E-state index is 14.0. The second-order valence-electron chi connectivity index (χ2n) is 9.25. The van der Waals surface area contributed by atoms with Crippen LogP contribution in [-0.2, 0) is 6.42 Å². The van der Waals surface area contributed by atoms with E-state index in [-0.39, 0.29) is 6.04 Å². The van der Waals surface area contributed by atoms with E-state index >= 15 is 0 Å². The maximum Gasteiger partial charge on any atom is 0.126 e. The SMILES string of the molecule is C/C(N)=C(\Cc1cccnc1-c1ccc(F)cc1[C@@H](C)O)C(=NC1CCC1)c1cnc(N)c(C)c1. The molecule has 182 valence electrons. The quantitative estimate of drug-likeness (QED) is 0.416. The van der Waals surface area contributed by atoms with Crippen LogP contribution in [0.25, 0.3) is 11.3 Å². The van der Waals surface area contributed by atoms with E-state index in [1.807, 2.05) is 32.0 Å². The highest BCUT2D eigenvalue weighted by Crippen LogP contribution is 2.32. The Labute approximate surface area is 205 Å². The van der Waals surface area contributed by atoms with E-state index < -0.39 is 11.9 Å². The number of rotatable bonds is 7. The molecular weight excluding hydrogens is 441 g/mol. The molecule has 1 fully saturated rings. The number of pyridine rings is 2. The Morgan fingerprint density at radius 1 is 1.23 bits per heavy atom. The number of nitrogens with zero attached hydrogens (tertiary/aromatic N) is 3. The fourth-order valence-corrected chi connectivity index (χ4v) is 4.26. The molecule has 4 rings (SSSR count). The summed E-state index contributed by atoms with van der Waals surface area (Å²) in [6.45, 7) is 5.42. The lowest BCUT2D eigenvalue weighted by molar-refractivity contribution is 0.199. The molecule has 0 aliphatic heterocycles. The molecule has 3 aromatic rings. The topological polar surface area (TPSA) is 110 Å². The molecule has 1 atom stereocenters. The smallest absolute Gasteiger partial charge is 0.126 e. The van der Waals surface area contributed by atoms with Gasteiger partial charge in [0.15, 0.2) is 0 Å². The van der Waals surface area contributed by atoms with Crippen molar-refractivity contribution in [1.29, 1.82) is 0 Å². The normalized spacial score (nSPS) is 16.0. The lowest BCUT2D eigenvalue weighted by Gasteiger charge is -2.24. The molecule has 0 saturated heterocycles. The Kier molecular flexibility index (Phi) is 7.26. The Hall–Kier alpha value is -3.58. The number of halogens is 1. The van der Waals surface area contributed by atoms with Gasteiger partial charge in [-0.15, -0.1) is 0 Å². The highest BCUT2D eigenvalue weighted by Gasteiger charge is 2.23. The molecule has 6 nitrogen and oxygen atoms in total. The molecule has 5 N–H and O–H groups in total. The molecule has 1 aliphatic carbocycles. The summed E-state index contributed by atoms with van der Waals surface area (Å²) in [6, 6.07) is 10.5. The molecule has 2 aromatic heterocycles. The van der Waals surface area contributed by atoms with Crippen molar-refractivity contribution in [2.75, 3.05) is 5.73 Å². The van der Waals surface area contributed by atoms with Gasteiger partial charge < -0.3 is 16.6 Å². The predicted molar refractivity (Wildman–Crippen MR) is 138 cm³/mol. The standard InChI is InChI=1S/C28H32FN5O/c1-16-12-20(15-33-28(16)31)27(34-22-7-4-8-22)24(17(2)30)13-19-6-5-11-32-26(19)23-10-9-21(29)14-25(23)18(3)35/h5-6,9-12,14-15,18,22,35H,4,7-8,13,30H2,1-3H3,(H2,31,33)/b24-17-,34-27?/t18-/m1/s1. The molecule has 2 heterocycles. The number of anilines is 1. The number of aliphatic hydroxyl groups excluding tert-OH is 1. The number of aryl methyl sites for hydroxylation is 1. The summed E-state index contributed by atoms with van der Waals surface area (Å²) < 4.78 is 14.0. The van der Waals surface area contributed by atoms with Gasteiger partial charge in [0.05, 0.1) is 23.6 Å². The first-order valence-corrected chi connectivity index (χ1v) is 11.9. The van der Waals surface area contributed by atoms with Crippen LogP contribution in [0.5, 0.6) is 0 Å². The lowest BCUT2D eigenvalue weighted by Crippen LogP contribution is -2.21. The average Bonchev–Trinajstić information content (AvgIpc) is 2.79. The number of aliphatic hydroxyl groups is 1. The monoisotopic (exact) mass is 473 g/mol. The molecule has 0 spiro atoms. The van der Waals surface area contributed by atoms with Crippen molar-refractivity contribution in [2.24, 2.45) is 10.7 Å². The van der Waals surface area contributed by atoms with Crippen LogP contribution < -0.4 is 11.5 Å². The summed E-state index contributed by atoms with van der Waals surface area (Å²) in [5.74, 6) is 0.0879. The van der Waals surface area contributed by atoms with Crippen LogP contribution in [0.15, 0.2) is 65.1 Å². The number of allylic oxidation sites excluding steroid dienone is 2. The van der Waals surface area contributed by atoms with Crippen molar-refractivity contribution < 1.29 is 9.50 Å².